The van der Waals surface area contributed by atoms with Crippen LogP contribution in [0.2, 0.25) is 0 Å². The summed E-state index contributed by atoms with van der Waals surface area (Å²) in [5.74, 6) is -0.0493. The monoisotopic (exact) mass is 236 g/mol. The Hall–Kier alpha value is -1.55. The molecular weight excluding hydrogens is 216 g/mol. The Morgan fingerprint density at radius 2 is 2.18 bits per heavy atom. The Bertz CT molecular complexity index is 377. The van der Waals surface area contributed by atoms with Gasteiger partial charge in [0.2, 0.25) is 0 Å². The van der Waals surface area contributed by atoms with E-state index in [0.717, 1.165) is 5.69 Å². The van der Waals surface area contributed by atoms with E-state index in [0.29, 0.717) is 12.2 Å². The van der Waals surface area contributed by atoms with Gasteiger partial charge >= 0.3 is 0 Å². The number of likely N-dealkylation sites (N-methyl/N-ethyl adjacent to an activating group) is 1. The van der Waals surface area contributed by atoms with Crippen LogP contribution in [-0.4, -0.2) is 25.2 Å². The fourth-order valence-electron chi connectivity index (χ4n) is 1.51. The van der Waals surface area contributed by atoms with E-state index in [2.05, 4.69) is 0 Å². The highest BCUT2D eigenvalue weighted by Crippen LogP contribution is 2.17. The summed E-state index contributed by atoms with van der Waals surface area (Å²) < 4.78 is 5.32. The van der Waals surface area contributed by atoms with Crippen LogP contribution < -0.4 is 10.6 Å². The van der Waals surface area contributed by atoms with Crippen LogP contribution in [0.1, 0.15) is 20.8 Å². The van der Waals surface area contributed by atoms with Crippen molar-refractivity contribution in [2.24, 2.45) is 0 Å². The van der Waals surface area contributed by atoms with Gasteiger partial charge in [-0.15, -0.1) is 0 Å². The molecule has 1 amide bonds. The molecule has 1 aromatic rings. The Balaban J connectivity index is 2.74. The van der Waals surface area contributed by atoms with E-state index >= 15 is 0 Å². The Kier molecular flexibility index (Phi) is 4.97. The second-order valence-corrected chi connectivity index (χ2v) is 4.09. The van der Waals surface area contributed by atoms with Crippen molar-refractivity contribution >= 4 is 17.3 Å². The molecule has 1 rings (SSSR count). The lowest BCUT2D eigenvalue weighted by atomic mass is 10.2. The molecule has 2 N–H and O–H groups in total. The fraction of sp³-hybridized carbons (Fsp3) is 0.462. The van der Waals surface area contributed by atoms with Gasteiger partial charge in [0.1, 0.15) is 6.61 Å². The number of carbonyl (C=O) groups is 1. The number of benzene rings is 1. The maximum Gasteiger partial charge on any atom is 0.252 e. The Morgan fingerprint density at radius 3 is 2.71 bits per heavy atom. The standard InChI is InChI=1S/C13H20N2O2/c1-4-15(13(16)9-17-10(2)3)12-7-5-6-11(14)8-12/h5-8,10H,4,9,14H2,1-3H3. The molecule has 0 unspecified atom stereocenters. The highest BCUT2D eigenvalue weighted by Gasteiger charge is 2.14. The van der Waals surface area contributed by atoms with Crippen molar-refractivity contribution in [3.63, 3.8) is 0 Å². The first-order valence-electron chi connectivity index (χ1n) is 5.82. The van der Waals surface area contributed by atoms with Crippen LogP contribution in [0.15, 0.2) is 24.3 Å². The topological polar surface area (TPSA) is 55.6 Å². The quantitative estimate of drug-likeness (QED) is 0.796. The number of carbonyl (C=O) groups excluding carboxylic acids is 1. The molecule has 94 valence electrons. The second-order valence-electron chi connectivity index (χ2n) is 4.09. The normalized spacial score (nSPS) is 10.6. The summed E-state index contributed by atoms with van der Waals surface area (Å²) in [6, 6.07) is 7.29. The van der Waals surface area contributed by atoms with E-state index in [4.69, 9.17) is 10.5 Å². The largest absolute Gasteiger partial charge is 0.399 e. The van der Waals surface area contributed by atoms with Crippen LogP contribution in [0.3, 0.4) is 0 Å². The molecule has 0 spiro atoms. The van der Waals surface area contributed by atoms with E-state index in [9.17, 15) is 4.79 Å². The second kappa shape index (κ2) is 6.25. The van der Waals surface area contributed by atoms with Gasteiger partial charge in [-0.25, -0.2) is 0 Å². The number of hydrogen-bond donors (Lipinski definition) is 1. The zero-order valence-corrected chi connectivity index (χ0v) is 10.6. The minimum atomic E-state index is -0.0493. The minimum absolute atomic E-state index is 0.0493. The molecule has 0 aliphatic carbocycles. The van der Waals surface area contributed by atoms with Crippen LogP contribution in [0.4, 0.5) is 11.4 Å². The summed E-state index contributed by atoms with van der Waals surface area (Å²) in [7, 11) is 0. The third-order valence-electron chi connectivity index (χ3n) is 2.34. The molecule has 17 heavy (non-hydrogen) atoms. The van der Waals surface area contributed by atoms with Crippen LogP contribution in [0, 0.1) is 0 Å². The lowest BCUT2D eigenvalue weighted by molar-refractivity contribution is -0.124. The lowest BCUT2D eigenvalue weighted by Gasteiger charge is -2.21. The molecule has 0 radical (unpaired) electrons. The van der Waals surface area contributed by atoms with E-state index in [1.807, 2.05) is 32.9 Å². The van der Waals surface area contributed by atoms with Crippen LogP contribution >= 0.6 is 0 Å². The van der Waals surface area contributed by atoms with Crippen molar-refractivity contribution in [2.75, 3.05) is 23.8 Å². The zero-order valence-electron chi connectivity index (χ0n) is 10.6. The van der Waals surface area contributed by atoms with Crippen molar-refractivity contribution < 1.29 is 9.53 Å². The molecule has 0 fully saturated rings. The van der Waals surface area contributed by atoms with Crippen LogP contribution in [-0.2, 0) is 9.53 Å². The zero-order chi connectivity index (χ0) is 12.8. The molecule has 1 aromatic carbocycles. The summed E-state index contributed by atoms with van der Waals surface area (Å²) in [5, 5.41) is 0. The van der Waals surface area contributed by atoms with Gasteiger partial charge in [-0.2, -0.15) is 0 Å². The summed E-state index contributed by atoms with van der Waals surface area (Å²) in [5.41, 5.74) is 7.17. The van der Waals surface area contributed by atoms with Gasteiger partial charge in [-0.1, -0.05) is 6.07 Å². The molecule has 0 bridgehead atoms. The predicted octanol–water partition coefficient (Wildman–Crippen LogP) is 2.05. The van der Waals surface area contributed by atoms with Crippen molar-refractivity contribution in [2.45, 2.75) is 26.9 Å². The molecular formula is C13H20N2O2. The first kappa shape index (κ1) is 13.5. The SMILES string of the molecule is CCN(C(=O)COC(C)C)c1cccc(N)c1. The first-order valence-corrected chi connectivity index (χ1v) is 5.82. The molecule has 0 atom stereocenters. The number of nitrogen functional groups attached to an aromatic ring is 1. The third-order valence-corrected chi connectivity index (χ3v) is 2.34. The maximum atomic E-state index is 12.0. The van der Waals surface area contributed by atoms with E-state index in [-0.39, 0.29) is 18.6 Å². The Morgan fingerprint density at radius 1 is 1.47 bits per heavy atom. The molecule has 4 heteroatoms. The van der Waals surface area contributed by atoms with Gasteiger partial charge in [0.15, 0.2) is 0 Å². The van der Waals surface area contributed by atoms with Gasteiger partial charge in [0, 0.05) is 17.9 Å². The number of ether oxygens (including phenoxy) is 1. The molecule has 4 nitrogen and oxygen atoms in total. The van der Waals surface area contributed by atoms with Crippen molar-refractivity contribution in [3.05, 3.63) is 24.3 Å². The van der Waals surface area contributed by atoms with E-state index in [1.165, 1.54) is 0 Å². The van der Waals surface area contributed by atoms with E-state index in [1.54, 1.807) is 17.0 Å². The molecule has 0 heterocycles. The number of anilines is 2. The fourth-order valence-corrected chi connectivity index (χ4v) is 1.51. The van der Waals surface area contributed by atoms with Crippen molar-refractivity contribution in [1.29, 1.82) is 0 Å². The molecule has 0 saturated carbocycles. The molecule has 0 saturated heterocycles. The van der Waals surface area contributed by atoms with Gasteiger partial charge in [0.25, 0.3) is 5.91 Å². The summed E-state index contributed by atoms with van der Waals surface area (Å²) in [6.07, 6.45) is 0.0542. The highest BCUT2D eigenvalue weighted by molar-refractivity contribution is 5.94. The third kappa shape index (κ3) is 4.07. The average molecular weight is 236 g/mol. The highest BCUT2D eigenvalue weighted by atomic mass is 16.5. The van der Waals surface area contributed by atoms with Gasteiger partial charge in [-0.05, 0) is 39.0 Å². The number of amides is 1. The number of nitrogens with zero attached hydrogens (tertiary/aromatic N) is 1. The van der Waals surface area contributed by atoms with Gasteiger partial charge in [-0.3, -0.25) is 4.79 Å². The lowest BCUT2D eigenvalue weighted by Crippen LogP contribution is -2.34. The van der Waals surface area contributed by atoms with E-state index < -0.39 is 0 Å². The Labute approximate surface area is 102 Å². The van der Waals surface area contributed by atoms with Crippen molar-refractivity contribution in [1.82, 2.24) is 0 Å². The van der Waals surface area contributed by atoms with Crippen molar-refractivity contribution in [3.8, 4) is 0 Å². The predicted molar refractivity (Wildman–Crippen MR) is 70.0 cm³/mol. The smallest absolute Gasteiger partial charge is 0.252 e. The van der Waals surface area contributed by atoms with Gasteiger partial charge in [0.05, 0.1) is 6.10 Å². The molecule has 0 aromatic heterocycles. The van der Waals surface area contributed by atoms with Gasteiger partial charge < -0.3 is 15.4 Å². The molecule has 0 aliphatic heterocycles. The number of nitrogens with two attached hydrogens (primary N) is 1. The maximum absolute atomic E-state index is 12.0. The summed E-state index contributed by atoms with van der Waals surface area (Å²) in [4.78, 5) is 13.6. The average Bonchev–Trinajstić information content (AvgIpc) is 2.27. The van der Waals surface area contributed by atoms with Crippen LogP contribution in [0.5, 0.6) is 0 Å². The van der Waals surface area contributed by atoms with Crippen LogP contribution in [0.25, 0.3) is 0 Å². The minimum Gasteiger partial charge on any atom is -0.399 e. The first-order chi connectivity index (χ1) is 8.04. The number of rotatable bonds is 5. The molecule has 0 aliphatic rings. The summed E-state index contributed by atoms with van der Waals surface area (Å²) >= 11 is 0. The number of hydrogen-bond acceptors (Lipinski definition) is 3. The summed E-state index contributed by atoms with van der Waals surface area (Å²) in [6.45, 7) is 6.44.